The molecule has 2 aromatic rings. The van der Waals surface area contributed by atoms with Gasteiger partial charge in [0, 0.05) is 24.2 Å². The monoisotopic (exact) mass is 794 g/mol. The highest BCUT2D eigenvalue weighted by Gasteiger charge is 2.36. The Balaban J connectivity index is 0.000000316. The van der Waals surface area contributed by atoms with Crippen molar-refractivity contribution in [3.05, 3.63) is 47.8 Å². The highest BCUT2D eigenvalue weighted by molar-refractivity contribution is 7.93. The zero-order valence-electron chi connectivity index (χ0n) is 31.1. The summed E-state index contributed by atoms with van der Waals surface area (Å²) in [6, 6.07) is 5.72. The van der Waals surface area contributed by atoms with Crippen LogP contribution in [0.25, 0.3) is 0 Å². The van der Waals surface area contributed by atoms with Crippen molar-refractivity contribution in [3.63, 3.8) is 0 Å². The summed E-state index contributed by atoms with van der Waals surface area (Å²) < 4.78 is 84.8. The van der Waals surface area contributed by atoms with E-state index in [1.165, 1.54) is 0 Å². The van der Waals surface area contributed by atoms with Crippen molar-refractivity contribution >= 4 is 54.1 Å². The van der Waals surface area contributed by atoms with Gasteiger partial charge in [-0.3, -0.25) is 9.59 Å². The molecule has 4 rings (SSSR count). The SMILES string of the molecule is CC(C)(C)S(=O)(=O)CC1CCC(C(=O)Cl)CC1.CC(C)(C)S(=O)(=O)CC1CCC(C(=O)Nc2ccc(C(F)(F)F)cn2)CC1.Cc1ccc(N)nc1. The Morgan fingerprint density at radius 2 is 1.21 bits per heavy atom. The van der Waals surface area contributed by atoms with Gasteiger partial charge in [-0.1, -0.05) is 6.07 Å². The molecule has 0 radical (unpaired) electrons. The summed E-state index contributed by atoms with van der Waals surface area (Å²) in [4.78, 5) is 30.8. The van der Waals surface area contributed by atoms with E-state index in [9.17, 15) is 39.6 Å². The number of alkyl halides is 3. The van der Waals surface area contributed by atoms with Crippen molar-refractivity contribution in [1.82, 2.24) is 9.97 Å². The summed E-state index contributed by atoms with van der Waals surface area (Å²) >= 11 is 5.45. The molecule has 2 aromatic heterocycles. The van der Waals surface area contributed by atoms with Crippen molar-refractivity contribution in [2.24, 2.45) is 23.7 Å². The van der Waals surface area contributed by atoms with E-state index in [4.69, 9.17) is 17.3 Å². The number of halogens is 4. The Hall–Kier alpha value is -2.78. The molecule has 0 atom stereocenters. The number of hydrogen-bond donors (Lipinski definition) is 2. The number of amides is 1. The van der Waals surface area contributed by atoms with Gasteiger partial charge in [-0.05, 0) is 147 Å². The van der Waals surface area contributed by atoms with Crippen molar-refractivity contribution in [2.45, 2.75) is 116 Å². The van der Waals surface area contributed by atoms with Gasteiger partial charge < -0.3 is 11.1 Å². The predicted octanol–water partition coefficient (Wildman–Crippen LogP) is 7.80. The van der Waals surface area contributed by atoms with Crippen LogP contribution in [0.2, 0.25) is 0 Å². The number of pyridine rings is 2. The lowest BCUT2D eigenvalue weighted by Crippen LogP contribution is -2.35. The number of anilines is 2. The average Bonchev–Trinajstić information content (AvgIpc) is 3.02. The number of rotatable bonds is 7. The zero-order valence-corrected chi connectivity index (χ0v) is 33.5. The van der Waals surface area contributed by atoms with Gasteiger partial charge in [-0.2, -0.15) is 13.2 Å². The summed E-state index contributed by atoms with van der Waals surface area (Å²) in [7, 11) is -6.26. The highest BCUT2D eigenvalue weighted by Crippen LogP contribution is 2.34. The number of carbonyl (C=O) groups excluding carboxylic acids is 2. The van der Waals surface area contributed by atoms with E-state index in [0.717, 1.165) is 43.4 Å². The normalized spacial score (nSPS) is 21.4. The fraction of sp³-hybridized carbons (Fsp3) is 0.667. The topological polar surface area (TPSA) is 166 Å². The third kappa shape index (κ3) is 14.6. The van der Waals surface area contributed by atoms with E-state index in [2.05, 4.69) is 15.3 Å². The predicted molar refractivity (Wildman–Crippen MR) is 200 cm³/mol. The van der Waals surface area contributed by atoms with E-state index in [0.29, 0.717) is 37.7 Å². The van der Waals surface area contributed by atoms with Crippen molar-refractivity contribution < 1.29 is 39.6 Å². The zero-order chi connectivity index (χ0) is 39.7. The third-order valence-corrected chi connectivity index (χ3v) is 15.3. The molecule has 1 amide bonds. The maximum absolute atomic E-state index is 12.5. The van der Waals surface area contributed by atoms with Gasteiger partial charge in [-0.15, -0.1) is 0 Å². The molecule has 2 saturated carbocycles. The van der Waals surface area contributed by atoms with E-state index in [1.54, 1.807) is 53.8 Å². The molecule has 16 heteroatoms. The number of aromatic nitrogens is 2. The van der Waals surface area contributed by atoms with Crippen LogP contribution in [0, 0.1) is 30.6 Å². The first-order valence-corrected chi connectivity index (χ1v) is 21.1. The molecular weight excluding hydrogens is 741 g/mol. The van der Waals surface area contributed by atoms with E-state index in [-0.39, 0.29) is 52.1 Å². The highest BCUT2D eigenvalue weighted by atomic mass is 35.5. The second-order valence-electron chi connectivity index (χ2n) is 15.7. The lowest BCUT2D eigenvalue weighted by Gasteiger charge is -2.29. The molecule has 52 heavy (non-hydrogen) atoms. The minimum absolute atomic E-state index is 0.0301. The number of aryl methyl sites for hydroxylation is 1. The number of nitrogens with one attached hydrogen (secondary N) is 1. The van der Waals surface area contributed by atoms with Crippen LogP contribution in [0.4, 0.5) is 24.8 Å². The van der Waals surface area contributed by atoms with Gasteiger partial charge in [0.05, 0.1) is 26.6 Å². The molecule has 0 spiro atoms. The number of sulfone groups is 2. The number of hydrogen-bond acceptors (Lipinski definition) is 9. The first-order valence-electron chi connectivity index (χ1n) is 17.4. The fourth-order valence-electron chi connectivity index (χ4n) is 5.61. The minimum Gasteiger partial charge on any atom is -0.384 e. The summed E-state index contributed by atoms with van der Waals surface area (Å²) in [6.45, 7) is 12.2. The first-order chi connectivity index (χ1) is 23.7. The van der Waals surface area contributed by atoms with Crippen molar-refractivity contribution in [3.8, 4) is 0 Å². The first kappa shape index (κ1) is 45.4. The molecule has 0 aromatic carbocycles. The van der Waals surface area contributed by atoms with Crippen LogP contribution in [0.3, 0.4) is 0 Å². The largest absolute Gasteiger partial charge is 0.417 e. The molecule has 2 heterocycles. The second kappa shape index (κ2) is 18.5. The molecule has 3 N–H and O–H groups in total. The molecule has 2 aliphatic rings. The smallest absolute Gasteiger partial charge is 0.384 e. The lowest BCUT2D eigenvalue weighted by atomic mass is 9.82. The van der Waals surface area contributed by atoms with E-state index in [1.807, 2.05) is 13.0 Å². The van der Waals surface area contributed by atoms with Crippen LogP contribution in [-0.2, 0) is 35.4 Å². The summed E-state index contributed by atoms with van der Waals surface area (Å²) in [6.07, 6.45) is 3.37. The van der Waals surface area contributed by atoms with Crippen LogP contribution in [0.1, 0.15) is 104 Å². The van der Waals surface area contributed by atoms with Crippen LogP contribution in [-0.4, -0.2) is 59.0 Å². The molecule has 294 valence electrons. The number of nitrogens with two attached hydrogens (primary N) is 1. The van der Waals surface area contributed by atoms with Crippen LogP contribution in [0.15, 0.2) is 36.7 Å². The molecule has 2 aliphatic carbocycles. The van der Waals surface area contributed by atoms with E-state index >= 15 is 0 Å². The van der Waals surface area contributed by atoms with Crippen LogP contribution in [0.5, 0.6) is 0 Å². The van der Waals surface area contributed by atoms with Gasteiger partial charge >= 0.3 is 6.18 Å². The Bertz CT molecular complexity index is 1650. The summed E-state index contributed by atoms with van der Waals surface area (Å²) in [5.74, 6) is 0.577. The third-order valence-electron chi connectivity index (χ3n) is 9.44. The average molecular weight is 795 g/mol. The van der Waals surface area contributed by atoms with Gasteiger partial charge in [0.1, 0.15) is 11.6 Å². The molecule has 0 aliphatic heterocycles. The molecule has 0 saturated heterocycles. The molecule has 0 unspecified atom stereocenters. The second-order valence-corrected chi connectivity index (χ2v) is 21.7. The van der Waals surface area contributed by atoms with Crippen LogP contribution < -0.4 is 11.1 Å². The molecule has 10 nitrogen and oxygen atoms in total. The summed E-state index contributed by atoms with van der Waals surface area (Å²) in [5.41, 5.74) is 5.58. The quantitative estimate of drug-likeness (QED) is 0.266. The van der Waals surface area contributed by atoms with Gasteiger partial charge in [-0.25, -0.2) is 26.8 Å². The van der Waals surface area contributed by atoms with Crippen LogP contribution >= 0.6 is 11.6 Å². The number of nitrogen functional groups attached to an aromatic ring is 1. The van der Waals surface area contributed by atoms with Gasteiger partial charge in [0.2, 0.25) is 11.1 Å². The Morgan fingerprint density at radius 3 is 1.54 bits per heavy atom. The Kier molecular flexibility index (Phi) is 16.2. The Labute approximate surface area is 312 Å². The minimum atomic E-state index is -4.47. The van der Waals surface area contributed by atoms with Crippen molar-refractivity contribution in [1.29, 1.82) is 0 Å². The number of carbonyl (C=O) groups is 2. The lowest BCUT2D eigenvalue weighted by molar-refractivity contribution is -0.137. The van der Waals surface area contributed by atoms with Crippen molar-refractivity contribution in [2.75, 3.05) is 22.6 Å². The maximum Gasteiger partial charge on any atom is 0.417 e. The summed E-state index contributed by atoms with van der Waals surface area (Å²) in [5, 5.41) is 2.27. The Morgan fingerprint density at radius 1 is 0.750 bits per heavy atom. The molecule has 0 bridgehead atoms. The standard InChI is InChI=1S/C18H25F3N2O3S.C12H21ClO3S.C6H8N2/c1-17(2,3)27(25,26)11-12-4-6-13(7-5-12)16(24)23-15-9-8-14(10-22-15)18(19,20)21;1-12(2,3)17(15,16)8-9-4-6-10(7-5-9)11(13)14;1-5-2-3-6(7)8-4-5/h8-10,12-13H,4-7,11H2,1-3H3,(H,22,23,24);9-10H,4-8H2,1-3H3;2-4H,1H3,(H2,7,8). The van der Waals surface area contributed by atoms with Gasteiger partial charge in [0.25, 0.3) is 0 Å². The fourth-order valence-corrected chi connectivity index (χ4v) is 8.74. The maximum atomic E-state index is 12.5. The number of nitrogens with zero attached hydrogens (tertiary/aromatic N) is 2. The molecule has 2 fully saturated rings. The van der Waals surface area contributed by atoms with Gasteiger partial charge in [0.15, 0.2) is 19.7 Å². The van der Waals surface area contributed by atoms with E-state index < -0.39 is 40.9 Å². The molecular formula is C36H54ClF3N4O6S2.